The minimum absolute atomic E-state index is 0.0211. The van der Waals surface area contributed by atoms with Crippen LogP contribution >= 0.6 is 11.8 Å². The molecular formula is C20H23N3O2S. The first-order valence-electron chi connectivity index (χ1n) is 8.61. The molecule has 1 aliphatic heterocycles. The molecule has 3 rings (SSSR count). The maximum Gasteiger partial charge on any atom is 0.237 e. The summed E-state index contributed by atoms with van der Waals surface area (Å²) in [6.45, 7) is 4.39. The maximum atomic E-state index is 12.5. The van der Waals surface area contributed by atoms with Gasteiger partial charge in [0.05, 0.1) is 5.25 Å². The number of hydrogen-bond donors (Lipinski definition) is 2. The lowest BCUT2D eigenvalue weighted by Gasteiger charge is -2.15. The Hall–Kier alpha value is -2.47. The summed E-state index contributed by atoms with van der Waals surface area (Å²) in [7, 11) is 2.08. The van der Waals surface area contributed by atoms with Gasteiger partial charge in [-0.3, -0.25) is 9.59 Å². The summed E-state index contributed by atoms with van der Waals surface area (Å²) in [5.41, 5.74) is 4.11. The van der Waals surface area contributed by atoms with Gasteiger partial charge >= 0.3 is 0 Å². The molecule has 1 heterocycles. The monoisotopic (exact) mass is 369 g/mol. The summed E-state index contributed by atoms with van der Waals surface area (Å²) in [5.74, 6) is -0.120. The first kappa shape index (κ1) is 18.3. The zero-order valence-electron chi connectivity index (χ0n) is 15.2. The molecule has 0 aromatic heterocycles. The highest BCUT2D eigenvalue weighted by atomic mass is 32.2. The molecule has 2 aromatic rings. The van der Waals surface area contributed by atoms with Gasteiger partial charge in [-0.1, -0.05) is 0 Å². The van der Waals surface area contributed by atoms with E-state index < -0.39 is 0 Å². The fourth-order valence-electron chi connectivity index (χ4n) is 2.97. The Bertz CT molecular complexity index is 820. The number of benzene rings is 2. The van der Waals surface area contributed by atoms with Crippen molar-refractivity contribution in [3.8, 4) is 0 Å². The number of rotatable bonds is 5. The van der Waals surface area contributed by atoms with Gasteiger partial charge in [-0.25, -0.2) is 0 Å². The average molecular weight is 369 g/mol. The van der Waals surface area contributed by atoms with Crippen LogP contribution in [-0.4, -0.2) is 30.7 Å². The van der Waals surface area contributed by atoms with Gasteiger partial charge in [0.2, 0.25) is 11.8 Å². The van der Waals surface area contributed by atoms with Crippen molar-refractivity contribution in [3.05, 3.63) is 48.0 Å². The molecule has 1 atom stereocenters. The van der Waals surface area contributed by atoms with Gasteiger partial charge < -0.3 is 15.5 Å². The molecule has 6 heteroatoms. The Morgan fingerprint density at radius 1 is 1.08 bits per heavy atom. The zero-order chi connectivity index (χ0) is 18.7. The van der Waals surface area contributed by atoms with Crippen molar-refractivity contribution >= 4 is 40.6 Å². The summed E-state index contributed by atoms with van der Waals surface area (Å²) in [5, 5.41) is 5.52. The largest absolute Gasteiger partial charge is 0.374 e. The quantitative estimate of drug-likeness (QED) is 0.788. The summed E-state index contributed by atoms with van der Waals surface area (Å²) >= 11 is 1.49. The number of amides is 2. The van der Waals surface area contributed by atoms with Crippen LogP contribution in [0, 0.1) is 0 Å². The molecule has 5 nitrogen and oxygen atoms in total. The number of nitrogens with one attached hydrogen (secondary N) is 2. The van der Waals surface area contributed by atoms with E-state index in [4.69, 9.17) is 0 Å². The molecule has 0 saturated heterocycles. The smallest absolute Gasteiger partial charge is 0.237 e. The molecule has 0 fully saturated rings. The zero-order valence-corrected chi connectivity index (χ0v) is 16.0. The number of fused-ring (bicyclic) bond motifs is 1. The second-order valence-corrected chi connectivity index (χ2v) is 7.88. The molecule has 1 aliphatic rings. The molecule has 2 amide bonds. The molecule has 2 aromatic carbocycles. The summed E-state index contributed by atoms with van der Waals surface area (Å²) in [6, 6.07) is 13.6. The van der Waals surface area contributed by atoms with Crippen molar-refractivity contribution < 1.29 is 9.59 Å². The van der Waals surface area contributed by atoms with Crippen molar-refractivity contribution in [1.29, 1.82) is 0 Å². The van der Waals surface area contributed by atoms with E-state index >= 15 is 0 Å². The van der Waals surface area contributed by atoms with Crippen LogP contribution in [0.3, 0.4) is 0 Å². The van der Waals surface area contributed by atoms with E-state index in [1.54, 1.807) is 0 Å². The van der Waals surface area contributed by atoms with Crippen LogP contribution in [0.15, 0.2) is 47.4 Å². The van der Waals surface area contributed by atoms with Crippen LogP contribution in [0.25, 0.3) is 0 Å². The fourth-order valence-corrected chi connectivity index (χ4v) is 3.83. The third-order valence-corrected chi connectivity index (χ3v) is 5.44. The second kappa shape index (κ2) is 7.83. The van der Waals surface area contributed by atoms with Crippen molar-refractivity contribution in [2.75, 3.05) is 29.1 Å². The fraction of sp³-hybridized carbons (Fsp3) is 0.300. The van der Waals surface area contributed by atoms with Crippen LogP contribution < -0.4 is 15.5 Å². The Morgan fingerprint density at radius 3 is 2.46 bits per heavy atom. The Morgan fingerprint density at radius 2 is 1.77 bits per heavy atom. The molecule has 1 unspecified atom stereocenters. The van der Waals surface area contributed by atoms with E-state index in [0.717, 1.165) is 29.2 Å². The minimum Gasteiger partial charge on any atom is -0.374 e. The number of nitrogens with zero attached hydrogens (tertiary/aromatic N) is 1. The second-order valence-electron chi connectivity index (χ2n) is 6.47. The minimum atomic E-state index is -0.224. The molecule has 0 bridgehead atoms. The van der Waals surface area contributed by atoms with Crippen molar-refractivity contribution in [2.45, 2.75) is 30.4 Å². The van der Waals surface area contributed by atoms with E-state index in [-0.39, 0.29) is 17.1 Å². The van der Waals surface area contributed by atoms with E-state index in [9.17, 15) is 9.59 Å². The highest BCUT2D eigenvalue weighted by Crippen LogP contribution is 2.30. The van der Waals surface area contributed by atoms with Gasteiger partial charge in [-0.2, -0.15) is 0 Å². The third-order valence-electron chi connectivity index (χ3n) is 4.33. The highest BCUT2D eigenvalue weighted by molar-refractivity contribution is 8.00. The first-order chi connectivity index (χ1) is 12.4. The molecule has 0 aliphatic carbocycles. The lowest BCUT2D eigenvalue weighted by atomic mass is 10.1. The van der Waals surface area contributed by atoms with Crippen molar-refractivity contribution in [2.24, 2.45) is 0 Å². The van der Waals surface area contributed by atoms with Crippen LogP contribution in [-0.2, 0) is 16.0 Å². The van der Waals surface area contributed by atoms with E-state index in [1.165, 1.54) is 29.9 Å². The lowest BCUT2D eigenvalue weighted by Crippen LogP contribution is -2.22. The number of hydrogen-bond acceptors (Lipinski definition) is 4. The van der Waals surface area contributed by atoms with Crippen LogP contribution in [0.4, 0.5) is 17.1 Å². The number of thioether (sulfide) groups is 1. The molecule has 136 valence electrons. The predicted molar refractivity (Wildman–Crippen MR) is 108 cm³/mol. The maximum absolute atomic E-state index is 12.5. The summed E-state index contributed by atoms with van der Waals surface area (Å²) in [4.78, 5) is 26.8. The molecular weight excluding hydrogens is 346 g/mol. The Balaban J connectivity index is 1.59. The highest BCUT2D eigenvalue weighted by Gasteiger charge is 2.18. The normalized spacial score (nSPS) is 13.9. The van der Waals surface area contributed by atoms with Crippen molar-refractivity contribution in [1.82, 2.24) is 0 Å². The number of likely N-dealkylation sites (N-methyl/N-ethyl adjacent to an activating group) is 1. The van der Waals surface area contributed by atoms with Crippen LogP contribution in [0.2, 0.25) is 0 Å². The van der Waals surface area contributed by atoms with Crippen molar-refractivity contribution in [3.63, 3.8) is 0 Å². The lowest BCUT2D eigenvalue weighted by molar-refractivity contribution is -0.115. The average Bonchev–Trinajstić information content (AvgIpc) is 2.96. The standard InChI is InChI=1S/C20H23N3O2S/c1-13(26-18-7-4-16(5-8-18)21-14(2)24)20(25)22-17-6-9-19-15(12-17)10-11-23(19)3/h4-9,12-13H,10-11H2,1-3H3,(H,21,24)(H,22,25). The molecule has 26 heavy (non-hydrogen) atoms. The predicted octanol–water partition coefficient (Wildman–Crippen LogP) is 3.76. The SMILES string of the molecule is CC(=O)Nc1ccc(SC(C)C(=O)Nc2ccc3c(c2)CCN3C)cc1. The van der Waals surface area contributed by atoms with Gasteiger partial charge in [-0.05, 0) is 61.4 Å². The van der Waals surface area contributed by atoms with E-state index in [0.29, 0.717) is 0 Å². The van der Waals surface area contributed by atoms with Gasteiger partial charge in [0.1, 0.15) is 0 Å². The number of carbonyl (C=O) groups excluding carboxylic acids is 2. The van der Waals surface area contributed by atoms with E-state index in [1.807, 2.05) is 37.3 Å². The number of carbonyl (C=O) groups is 2. The third kappa shape index (κ3) is 4.38. The van der Waals surface area contributed by atoms with Crippen LogP contribution in [0.5, 0.6) is 0 Å². The summed E-state index contributed by atoms with van der Waals surface area (Å²) in [6.07, 6.45) is 1.01. The first-order valence-corrected chi connectivity index (χ1v) is 9.49. The molecule has 0 spiro atoms. The van der Waals surface area contributed by atoms with Gasteiger partial charge in [0, 0.05) is 42.5 Å². The Labute approximate surface area is 158 Å². The van der Waals surface area contributed by atoms with Gasteiger partial charge in [0.25, 0.3) is 0 Å². The molecule has 2 N–H and O–H groups in total. The summed E-state index contributed by atoms with van der Waals surface area (Å²) < 4.78 is 0. The van der Waals surface area contributed by atoms with Crippen LogP contribution in [0.1, 0.15) is 19.4 Å². The molecule has 0 radical (unpaired) electrons. The van der Waals surface area contributed by atoms with Gasteiger partial charge in [-0.15, -0.1) is 11.8 Å². The topological polar surface area (TPSA) is 61.4 Å². The van der Waals surface area contributed by atoms with Gasteiger partial charge in [0.15, 0.2) is 0 Å². The molecule has 0 saturated carbocycles. The number of anilines is 3. The van der Waals surface area contributed by atoms with E-state index in [2.05, 4.69) is 34.7 Å². The Kier molecular flexibility index (Phi) is 5.52.